The Bertz CT molecular complexity index is 1170. The van der Waals surface area contributed by atoms with Crippen molar-refractivity contribution in [2.45, 2.75) is 270 Å². The Morgan fingerprint density at radius 1 is 0.415 bits per heavy atom. The van der Waals surface area contributed by atoms with Crippen LogP contribution < -0.4 is 0 Å². The number of phosphoric ester groups is 1. The van der Waals surface area contributed by atoms with Crippen LogP contribution in [0, 0.1) is 0 Å². The number of carbonyl (C=O) groups excluding carboxylic acids is 2. The molecule has 0 aromatic heterocycles. The first-order chi connectivity index (χ1) is 31.8. The van der Waals surface area contributed by atoms with Crippen molar-refractivity contribution >= 4 is 19.8 Å². The van der Waals surface area contributed by atoms with Crippen LogP contribution in [0.1, 0.15) is 258 Å². The minimum absolute atomic E-state index is 0.191. The molecular weight excluding hydrogens is 840 g/mol. The lowest BCUT2D eigenvalue weighted by molar-refractivity contribution is -0.153. The number of allylic oxidation sites excluding steroid dienone is 6. The van der Waals surface area contributed by atoms with Crippen molar-refractivity contribution in [2.24, 2.45) is 0 Å². The lowest BCUT2D eigenvalue weighted by Crippen LogP contribution is -2.28. The molecule has 0 aliphatic heterocycles. The maximum atomic E-state index is 12.4. The van der Waals surface area contributed by atoms with Crippen molar-refractivity contribution in [3.8, 4) is 0 Å². The summed E-state index contributed by atoms with van der Waals surface area (Å²) in [7, 11) is -4.64. The molecule has 0 rings (SSSR count). The van der Waals surface area contributed by atoms with Crippen LogP contribution in [-0.2, 0) is 32.7 Å². The molecule has 0 amide bonds. The van der Waals surface area contributed by atoms with Gasteiger partial charge in [0.25, 0.3) is 0 Å². The van der Waals surface area contributed by atoms with Crippen LogP contribution in [0.2, 0.25) is 0 Å². The second-order valence-corrected chi connectivity index (χ2v) is 19.7. The van der Waals surface area contributed by atoms with E-state index in [1.807, 2.05) is 0 Å². The molecule has 0 fully saturated rings. The highest BCUT2D eigenvalue weighted by Crippen LogP contribution is 2.43. The van der Waals surface area contributed by atoms with Gasteiger partial charge < -0.3 is 24.6 Å². The number of phosphoric acid groups is 1. The van der Waals surface area contributed by atoms with E-state index in [2.05, 4.69) is 50.3 Å². The highest BCUT2D eigenvalue weighted by Gasteiger charge is 2.27. The van der Waals surface area contributed by atoms with E-state index in [-0.39, 0.29) is 12.8 Å². The summed E-state index contributed by atoms with van der Waals surface area (Å²) in [6, 6.07) is 0. The molecule has 0 spiro atoms. The van der Waals surface area contributed by atoms with Gasteiger partial charge in [0.15, 0.2) is 0 Å². The molecule has 0 aromatic rings. The van der Waals surface area contributed by atoms with Gasteiger partial charge in [0.1, 0.15) is 12.2 Å². The first kappa shape index (κ1) is 63.2. The number of unbranched alkanes of at least 4 members (excludes halogenated alkanes) is 31. The number of hydrogen-bond acceptors (Lipinski definition) is 9. The molecule has 3 atom stereocenters. The summed E-state index contributed by atoms with van der Waals surface area (Å²) in [5.41, 5.74) is 0. The summed E-state index contributed by atoms with van der Waals surface area (Å²) < 4.78 is 32.8. The fraction of sp³-hybridized carbons (Fsp3) is 0.852. The predicted molar refractivity (Wildman–Crippen MR) is 270 cm³/mol. The number of carbonyl (C=O) groups is 2. The van der Waals surface area contributed by atoms with Crippen LogP contribution in [0.4, 0.5) is 0 Å². The Balaban J connectivity index is 3.81. The maximum absolute atomic E-state index is 12.4. The summed E-state index contributed by atoms with van der Waals surface area (Å²) in [4.78, 5) is 34.7. The van der Waals surface area contributed by atoms with Crippen LogP contribution >= 0.6 is 7.82 Å². The molecule has 0 aromatic carbocycles. The average molecular weight is 941 g/mol. The van der Waals surface area contributed by atoms with Gasteiger partial charge in [0.05, 0.1) is 26.4 Å². The minimum atomic E-state index is -4.64. The van der Waals surface area contributed by atoms with E-state index < -0.39 is 58.4 Å². The van der Waals surface area contributed by atoms with E-state index in [4.69, 9.17) is 18.5 Å². The van der Waals surface area contributed by atoms with Gasteiger partial charge in [-0.15, -0.1) is 0 Å². The van der Waals surface area contributed by atoms with E-state index in [9.17, 15) is 29.3 Å². The monoisotopic (exact) mass is 941 g/mol. The molecule has 11 heteroatoms. The largest absolute Gasteiger partial charge is 0.472 e. The van der Waals surface area contributed by atoms with Gasteiger partial charge in [-0.25, -0.2) is 4.57 Å². The number of esters is 2. The fourth-order valence-electron chi connectivity index (χ4n) is 7.67. The zero-order valence-electron chi connectivity index (χ0n) is 42.0. The molecule has 382 valence electrons. The second kappa shape index (κ2) is 50.1. The highest BCUT2D eigenvalue weighted by molar-refractivity contribution is 7.47. The topological polar surface area (TPSA) is 149 Å². The molecular formula is C54H101O10P. The van der Waals surface area contributed by atoms with Gasteiger partial charge in [-0.2, -0.15) is 0 Å². The number of rotatable bonds is 51. The third-order valence-electron chi connectivity index (χ3n) is 11.8. The number of ether oxygens (including phenoxy) is 2. The van der Waals surface area contributed by atoms with Crippen molar-refractivity contribution in [1.82, 2.24) is 0 Å². The van der Waals surface area contributed by atoms with E-state index in [0.29, 0.717) is 12.8 Å². The molecule has 65 heavy (non-hydrogen) atoms. The third kappa shape index (κ3) is 48.5. The maximum Gasteiger partial charge on any atom is 0.472 e. The number of aliphatic hydroxyl groups is 2. The Kier molecular flexibility index (Phi) is 48.7. The predicted octanol–water partition coefficient (Wildman–Crippen LogP) is 15.5. The van der Waals surface area contributed by atoms with Crippen molar-refractivity contribution < 1.29 is 47.8 Å². The Labute approximate surface area is 399 Å². The van der Waals surface area contributed by atoms with Crippen LogP contribution in [0.3, 0.4) is 0 Å². The van der Waals surface area contributed by atoms with Gasteiger partial charge in [0, 0.05) is 12.8 Å². The van der Waals surface area contributed by atoms with E-state index in [1.165, 1.54) is 173 Å². The smallest absolute Gasteiger partial charge is 0.457 e. The van der Waals surface area contributed by atoms with Gasteiger partial charge in [-0.05, 0) is 70.6 Å². The van der Waals surface area contributed by atoms with Crippen LogP contribution in [-0.4, -0.2) is 65.7 Å². The van der Waals surface area contributed by atoms with Gasteiger partial charge >= 0.3 is 19.8 Å². The SMILES string of the molecule is CCCCCCC/C=C\C/C=C\CCCCCCCCCCCCCC(=O)OC(CO)COP(=O)(O)OCC(CO)OC(=O)CCCCCCCCCCC/C=C\CCCCCCCC. The molecule has 0 aliphatic rings. The van der Waals surface area contributed by atoms with Crippen molar-refractivity contribution in [1.29, 1.82) is 0 Å². The van der Waals surface area contributed by atoms with Gasteiger partial charge in [-0.1, -0.05) is 211 Å². The van der Waals surface area contributed by atoms with Crippen LogP contribution in [0.15, 0.2) is 36.5 Å². The molecule has 0 radical (unpaired) electrons. The Morgan fingerprint density at radius 3 is 0.969 bits per heavy atom. The fourth-order valence-corrected chi connectivity index (χ4v) is 8.46. The number of hydrogen-bond donors (Lipinski definition) is 3. The zero-order chi connectivity index (χ0) is 47.6. The van der Waals surface area contributed by atoms with E-state index in [1.54, 1.807) is 0 Å². The van der Waals surface area contributed by atoms with E-state index in [0.717, 1.165) is 44.9 Å². The number of aliphatic hydroxyl groups excluding tert-OH is 2. The minimum Gasteiger partial charge on any atom is -0.457 e. The standard InChI is InChI=1S/C54H101O10P/c1-3-5-7-9-11-13-15-17-19-21-23-24-25-26-28-30-32-34-36-38-40-42-44-46-54(58)64-52(48-56)50-62-65(59,60)61-49-51(47-55)63-53(57)45-43-41-39-37-35-33-31-29-27-22-20-18-16-14-12-10-8-6-4-2/h15,17-18,20-21,23,51-52,55-56H,3-14,16,19,22,24-50H2,1-2H3,(H,59,60)/b17-15-,20-18-,23-21-. The summed E-state index contributed by atoms with van der Waals surface area (Å²) in [5.74, 6) is -1.01. The molecule has 3 N–H and O–H groups in total. The van der Waals surface area contributed by atoms with E-state index >= 15 is 0 Å². The third-order valence-corrected chi connectivity index (χ3v) is 12.8. The Morgan fingerprint density at radius 2 is 0.677 bits per heavy atom. The first-order valence-electron chi connectivity index (χ1n) is 26.9. The van der Waals surface area contributed by atoms with Crippen molar-refractivity contribution in [3.63, 3.8) is 0 Å². The molecule has 0 saturated carbocycles. The lowest BCUT2D eigenvalue weighted by atomic mass is 10.0. The average Bonchev–Trinajstić information content (AvgIpc) is 3.30. The quantitative estimate of drug-likeness (QED) is 0.0233. The second-order valence-electron chi connectivity index (χ2n) is 18.2. The van der Waals surface area contributed by atoms with Crippen LogP contribution in [0.5, 0.6) is 0 Å². The van der Waals surface area contributed by atoms with Gasteiger partial charge in [0.2, 0.25) is 0 Å². The molecule has 0 aliphatic carbocycles. The zero-order valence-corrected chi connectivity index (χ0v) is 42.9. The lowest BCUT2D eigenvalue weighted by Gasteiger charge is -2.20. The molecule has 0 bridgehead atoms. The molecule has 10 nitrogen and oxygen atoms in total. The summed E-state index contributed by atoms with van der Waals surface area (Å²) in [6.45, 7) is 2.24. The Hall–Kier alpha value is -1.81. The van der Waals surface area contributed by atoms with Gasteiger partial charge in [-0.3, -0.25) is 18.6 Å². The van der Waals surface area contributed by atoms with Crippen molar-refractivity contribution in [3.05, 3.63) is 36.5 Å². The molecule has 3 unspecified atom stereocenters. The first-order valence-corrected chi connectivity index (χ1v) is 28.4. The van der Waals surface area contributed by atoms with Crippen molar-refractivity contribution in [2.75, 3.05) is 26.4 Å². The highest BCUT2D eigenvalue weighted by atomic mass is 31.2. The summed E-state index contributed by atoms with van der Waals surface area (Å²) in [5, 5.41) is 19.3. The summed E-state index contributed by atoms with van der Waals surface area (Å²) >= 11 is 0. The molecule has 0 saturated heterocycles. The summed E-state index contributed by atoms with van der Waals surface area (Å²) in [6.07, 6.45) is 55.5. The molecule has 0 heterocycles. The van der Waals surface area contributed by atoms with Crippen LogP contribution in [0.25, 0.3) is 0 Å². The normalized spacial score (nSPS) is 13.9.